The van der Waals surface area contributed by atoms with E-state index < -0.39 is 0 Å². The van der Waals surface area contributed by atoms with E-state index in [1.54, 1.807) is 0 Å². The second-order valence-corrected chi connectivity index (χ2v) is 5.90. The van der Waals surface area contributed by atoms with Crippen LogP contribution in [0.3, 0.4) is 0 Å². The number of rotatable bonds is 5. The molecular weight excluding hydrogens is 240 g/mol. The third-order valence-electron chi connectivity index (χ3n) is 4.40. The summed E-state index contributed by atoms with van der Waals surface area (Å²) in [5.41, 5.74) is 0. The molecule has 0 bridgehead atoms. The summed E-state index contributed by atoms with van der Waals surface area (Å²) >= 11 is 0. The highest BCUT2D eigenvalue weighted by atomic mass is 16.2. The van der Waals surface area contributed by atoms with E-state index in [-0.39, 0.29) is 29.7 Å². The Morgan fingerprint density at radius 1 is 1.26 bits per heavy atom. The average Bonchev–Trinajstić information content (AvgIpc) is 2.46. The van der Waals surface area contributed by atoms with Crippen LogP contribution in [-0.2, 0) is 9.59 Å². The van der Waals surface area contributed by atoms with Gasteiger partial charge in [0.1, 0.15) is 6.04 Å². The normalized spacial score (nSPS) is 29.0. The fraction of sp³-hybridized carbons (Fsp3) is 0.867. The summed E-state index contributed by atoms with van der Waals surface area (Å²) in [4.78, 5) is 24.3. The van der Waals surface area contributed by atoms with Crippen molar-refractivity contribution in [3.63, 3.8) is 0 Å². The van der Waals surface area contributed by atoms with E-state index in [1.807, 2.05) is 0 Å². The van der Waals surface area contributed by atoms with Gasteiger partial charge in [0, 0.05) is 12.5 Å². The molecule has 2 fully saturated rings. The van der Waals surface area contributed by atoms with Crippen molar-refractivity contribution in [1.29, 1.82) is 0 Å². The van der Waals surface area contributed by atoms with Gasteiger partial charge >= 0.3 is 0 Å². The predicted octanol–water partition coefficient (Wildman–Crippen LogP) is 1.78. The molecule has 0 aromatic rings. The Morgan fingerprint density at radius 3 is 2.63 bits per heavy atom. The van der Waals surface area contributed by atoms with Crippen molar-refractivity contribution < 1.29 is 9.59 Å². The third kappa shape index (κ3) is 3.78. The lowest BCUT2D eigenvalue weighted by Crippen LogP contribution is -2.61. The summed E-state index contributed by atoms with van der Waals surface area (Å²) in [6.07, 6.45) is 8.58. The molecule has 2 aliphatic rings. The molecule has 0 aromatic heterocycles. The molecule has 1 saturated carbocycles. The van der Waals surface area contributed by atoms with Crippen LogP contribution >= 0.6 is 0 Å². The Balaban J connectivity index is 1.83. The molecule has 0 aromatic carbocycles. The first kappa shape index (κ1) is 14.5. The van der Waals surface area contributed by atoms with Crippen molar-refractivity contribution >= 4 is 11.7 Å². The molecule has 0 spiro atoms. The van der Waals surface area contributed by atoms with E-state index in [9.17, 15) is 9.59 Å². The van der Waals surface area contributed by atoms with E-state index in [1.165, 1.54) is 6.42 Å². The third-order valence-corrected chi connectivity index (χ3v) is 4.40. The van der Waals surface area contributed by atoms with Crippen LogP contribution in [0.15, 0.2) is 0 Å². The number of ketones is 1. The quantitative estimate of drug-likeness (QED) is 0.797. The van der Waals surface area contributed by atoms with Crippen molar-refractivity contribution in [3.05, 3.63) is 0 Å². The molecule has 0 unspecified atom stereocenters. The minimum Gasteiger partial charge on any atom is -0.344 e. The molecule has 1 heterocycles. The van der Waals surface area contributed by atoms with Crippen molar-refractivity contribution in [2.45, 2.75) is 70.4 Å². The van der Waals surface area contributed by atoms with Gasteiger partial charge in [-0.3, -0.25) is 9.59 Å². The number of hydrogen-bond donors (Lipinski definition) is 2. The molecule has 4 nitrogen and oxygen atoms in total. The Hall–Kier alpha value is -0.900. The highest BCUT2D eigenvalue weighted by Crippen LogP contribution is 2.25. The average molecular weight is 266 g/mol. The van der Waals surface area contributed by atoms with Crippen LogP contribution in [0.25, 0.3) is 0 Å². The van der Waals surface area contributed by atoms with Crippen LogP contribution in [-0.4, -0.2) is 30.3 Å². The lowest BCUT2D eigenvalue weighted by atomic mass is 9.83. The Kier molecular flexibility index (Phi) is 5.37. The first-order chi connectivity index (χ1) is 9.22. The molecular formula is C15H26N2O2. The number of Topliss-reactive ketones (excluding diaryl/α,β-unsaturated/α-hetero) is 1. The Bertz CT molecular complexity index is 324. The van der Waals surface area contributed by atoms with E-state index >= 15 is 0 Å². The van der Waals surface area contributed by atoms with Gasteiger partial charge < -0.3 is 10.6 Å². The van der Waals surface area contributed by atoms with Crippen LogP contribution in [0.5, 0.6) is 0 Å². The number of carbonyl (C=O) groups is 2. The summed E-state index contributed by atoms with van der Waals surface area (Å²) in [6, 6.07) is -0.399. The number of piperazine rings is 1. The number of unbranched alkanes of at least 4 members (excludes halogenated alkanes) is 1. The van der Waals surface area contributed by atoms with Gasteiger partial charge in [-0.2, -0.15) is 0 Å². The standard InChI is InChI=1S/C15H26N2O2/c1-2-3-9-12-15(19)17-13(10-16-12)14(18)11-7-5-4-6-8-11/h11-13,16H,2-10H2,1H3,(H,17,19)/t12-,13+/m0/s1. The summed E-state index contributed by atoms with van der Waals surface area (Å²) in [5, 5.41) is 6.16. The second kappa shape index (κ2) is 7.04. The van der Waals surface area contributed by atoms with Gasteiger partial charge in [-0.05, 0) is 19.3 Å². The lowest BCUT2D eigenvalue weighted by Gasteiger charge is -2.32. The maximum absolute atomic E-state index is 12.4. The van der Waals surface area contributed by atoms with Crippen LogP contribution in [0.4, 0.5) is 0 Å². The van der Waals surface area contributed by atoms with Crippen molar-refractivity contribution in [3.8, 4) is 0 Å². The van der Waals surface area contributed by atoms with E-state index in [4.69, 9.17) is 0 Å². The largest absolute Gasteiger partial charge is 0.344 e. The smallest absolute Gasteiger partial charge is 0.237 e. The minimum absolute atomic E-state index is 0.00820. The summed E-state index contributed by atoms with van der Waals surface area (Å²) in [5.74, 6) is 0.427. The first-order valence-electron chi connectivity index (χ1n) is 7.80. The van der Waals surface area contributed by atoms with Gasteiger partial charge in [0.25, 0.3) is 0 Å². The van der Waals surface area contributed by atoms with E-state index in [2.05, 4.69) is 17.6 Å². The van der Waals surface area contributed by atoms with Gasteiger partial charge in [0.2, 0.25) is 5.91 Å². The molecule has 4 heteroatoms. The first-order valence-corrected chi connectivity index (χ1v) is 7.80. The van der Waals surface area contributed by atoms with Gasteiger partial charge in [0.05, 0.1) is 6.04 Å². The molecule has 0 radical (unpaired) electrons. The number of carbonyl (C=O) groups excluding carboxylic acids is 2. The molecule has 1 amide bonds. The number of nitrogens with one attached hydrogen (secondary N) is 2. The maximum atomic E-state index is 12.4. The van der Waals surface area contributed by atoms with Crippen molar-refractivity contribution in [2.24, 2.45) is 5.92 Å². The highest BCUT2D eigenvalue weighted by molar-refractivity contribution is 5.93. The fourth-order valence-corrected chi connectivity index (χ4v) is 3.16. The molecule has 1 saturated heterocycles. The monoisotopic (exact) mass is 266 g/mol. The van der Waals surface area contributed by atoms with Gasteiger partial charge in [-0.25, -0.2) is 0 Å². The highest BCUT2D eigenvalue weighted by Gasteiger charge is 2.34. The molecule has 1 aliphatic carbocycles. The van der Waals surface area contributed by atoms with Gasteiger partial charge in [-0.1, -0.05) is 39.0 Å². The van der Waals surface area contributed by atoms with Crippen LogP contribution < -0.4 is 10.6 Å². The Morgan fingerprint density at radius 2 is 2.00 bits per heavy atom. The Labute approximate surface area is 115 Å². The minimum atomic E-state index is -0.298. The zero-order valence-electron chi connectivity index (χ0n) is 11.9. The van der Waals surface area contributed by atoms with Gasteiger partial charge in [-0.15, -0.1) is 0 Å². The van der Waals surface area contributed by atoms with Crippen LogP contribution in [0.2, 0.25) is 0 Å². The molecule has 2 N–H and O–H groups in total. The zero-order valence-corrected chi connectivity index (χ0v) is 11.9. The molecule has 2 atom stereocenters. The molecule has 19 heavy (non-hydrogen) atoms. The summed E-state index contributed by atoms with van der Waals surface area (Å²) in [6.45, 7) is 2.73. The SMILES string of the molecule is CCCC[C@@H]1NC[C@H](C(=O)C2CCCCC2)NC1=O. The number of amides is 1. The van der Waals surface area contributed by atoms with Crippen LogP contribution in [0.1, 0.15) is 58.3 Å². The second-order valence-electron chi connectivity index (χ2n) is 5.90. The molecule has 1 aliphatic heterocycles. The van der Waals surface area contributed by atoms with E-state index in [0.717, 1.165) is 44.9 Å². The van der Waals surface area contributed by atoms with Crippen molar-refractivity contribution in [2.75, 3.05) is 6.54 Å². The molecule has 2 rings (SSSR count). The fourth-order valence-electron chi connectivity index (χ4n) is 3.16. The lowest BCUT2D eigenvalue weighted by molar-refractivity contribution is -0.133. The topological polar surface area (TPSA) is 58.2 Å². The zero-order chi connectivity index (χ0) is 13.7. The summed E-state index contributed by atoms with van der Waals surface area (Å²) < 4.78 is 0. The molecule has 108 valence electrons. The summed E-state index contributed by atoms with van der Waals surface area (Å²) in [7, 11) is 0. The van der Waals surface area contributed by atoms with Crippen molar-refractivity contribution in [1.82, 2.24) is 10.6 Å². The van der Waals surface area contributed by atoms with Crippen LogP contribution in [0, 0.1) is 5.92 Å². The predicted molar refractivity (Wildman–Crippen MR) is 74.8 cm³/mol. The number of hydrogen-bond acceptors (Lipinski definition) is 3. The maximum Gasteiger partial charge on any atom is 0.237 e. The van der Waals surface area contributed by atoms with E-state index in [0.29, 0.717) is 6.54 Å². The van der Waals surface area contributed by atoms with Gasteiger partial charge in [0.15, 0.2) is 5.78 Å².